The number of alkyl halides is 3. The molecule has 0 bridgehead atoms. The van der Waals surface area contributed by atoms with Crippen LogP contribution >= 0.6 is 11.6 Å². The normalized spacial score (nSPS) is 11.8. The molecule has 0 atom stereocenters. The molecule has 0 unspecified atom stereocenters. The van der Waals surface area contributed by atoms with E-state index in [-0.39, 0.29) is 18.3 Å². The van der Waals surface area contributed by atoms with Crippen molar-refractivity contribution in [2.24, 2.45) is 0 Å². The van der Waals surface area contributed by atoms with E-state index in [0.29, 0.717) is 12.3 Å². The number of hydrogen-bond acceptors (Lipinski definition) is 4. The van der Waals surface area contributed by atoms with E-state index in [0.717, 1.165) is 4.57 Å². The number of nitrogens with zero attached hydrogens (tertiary/aromatic N) is 3. The maximum absolute atomic E-state index is 12.6. The molecule has 0 N–H and O–H groups in total. The lowest BCUT2D eigenvalue weighted by molar-refractivity contribution is -0.138. The third kappa shape index (κ3) is 2.95. The summed E-state index contributed by atoms with van der Waals surface area (Å²) < 4.78 is 43.6. The Morgan fingerprint density at radius 3 is 2.63 bits per heavy atom. The number of aromatic nitrogens is 3. The van der Waals surface area contributed by atoms with Gasteiger partial charge in [-0.25, -0.2) is 0 Å². The van der Waals surface area contributed by atoms with Crippen LogP contribution in [-0.4, -0.2) is 14.8 Å². The average Bonchev–Trinajstić information content (AvgIpc) is 2.69. The fourth-order valence-electron chi connectivity index (χ4n) is 1.42. The molecule has 2 heterocycles. The summed E-state index contributed by atoms with van der Waals surface area (Å²) in [7, 11) is 0. The van der Waals surface area contributed by atoms with Gasteiger partial charge in [0.15, 0.2) is 0 Å². The summed E-state index contributed by atoms with van der Waals surface area (Å²) in [6.45, 7) is 1.25. The van der Waals surface area contributed by atoms with Gasteiger partial charge in [-0.05, 0) is 6.07 Å². The van der Waals surface area contributed by atoms with E-state index < -0.39 is 22.3 Å². The number of rotatable bonds is 2. The Labute approximate surface area is 109 Å². The van der Waals surface area contributed by atoms with Crippen molar-refractivity contribution in [3.63, 3.8) is 0 Å². The quantitative estimate of drug-likeness (QED) is 0.852. The smallest absolute Gasteiger partial charge is 0.417 e. The summed E-state index contributed by atoms with van der Waals surface area (Å²) in [4.78, 5) is 11.6. The number of aryl methyl sites for hydroxylation is 1. The third-order valence-corrected chi connectivity index (χ3v) is 2.51. The first kappa shape index (κ1) is 13.6. The molecular weight excluding hydrogens is 287 g/mol. The lowest BCUT2D eigenvalue weighted by Crippen LogP contribution is -2.23. The first-order valence-corrected chi connectivity index (χ1v) is 5.41. The Bertz CT molecular complexity index is 663. The summed E-state index contributed by atoms with van der Waals surface area (Å²) in [6.07, 6.45) is -3.93. The first-order chi connectivity index (χ1) is 8.77. The average molecular weight is 294 g/mol. The number of halogens is 4. The molecule has 0 aromatic carbocycles. The molecule has 0 radical (unpaired) electrons. The van der Waals surface area contributed by atoms with Gasteiger partial charge >= 0.3 is 6.18 Å². The molecular formula is C10H7ClF3N3O2. The molecule has 19 heavy (non-hydrogen) atoms. The van der Waals surface area contributed by atoms with Crippen LogP contribution in [0.25, 0.3) is 0 Å². The van der Waals surface area contributed by atoms with Crippen molar-refractivity contribution in [1.29, 1.82) is 0 Å². The minimum atomic E-state index is -4.59. The van der Waals surface area contributed by atoms with Gasteiger partial charge in [0, 0.05) is 13.1 Å². The highest BCUT2D eigenvalue weighted by atomic mass is 35.5. The Morgan fingerprint density at radius 2 is 2.11 bits per heavy atom. The molecule has 2 rings (SSSR count). The molecule has 0 saturated heterocycles. The zero-order valence-corrected chi connectivity index (χ0v) is 10.3. The van der Waals surface area contributed by atoms with E-state index in [9.17, 15) is 18.0 Å². The van der Waals surface area contributed by atoms with Crippen LogP contribution in [0.3, 0.4) is 0 Å². The molecule has 5 nitrogen and oxygen atoms in total. The molecule has 0 aliphatic rings. The van der Waals surface area contributed by atoms with Crippen LogP contribution < -0.4 is 5.56 Å². The maximum atomic E-state index is 12.6. The highest BCUT2D eigenvalue weighted by Gasteiger charge is 2.32. The predicted molar refractivity (Wildman–Crippen MR) is 58.9 cm³/mol. The van der Waals surface area contributed by atoms with Crippen molar-refractivity contribution in [2.45, 2.75) is 19.6 Å². The van der Waals surface area contributed by atoms with Crippen LogP contribution in [0.4, 0.5) is 13.2 Å². The molecule has 2 aromatic rings. The molecule has 0 spiro atoms. The van der Waals surface area contributed by atoms with Crippen molar-refractivity contribution < 1.29 is 17.6 Å². The molecule has 0 amide bonds. The second-order valence-corrected chi connectivity index (χ2v) is 4.13. The van der Waals surface area contributed by atoms with Gasteiger partial charge in [-0.3, -0.25) is 4.79 Å². The Balaban J connectivity index is 2.45. The number of hydrogen-bond donors (Lipinski definition) is 0. The minimum absolute atomic E-state index is 0.0231. The Hall–Kier alpha value is -1.83. The fourth-order valence-corrected chi connectivity index (χ4v) is 1.64. The second kappa shape index (κ2) is 4.69. The number of pyridine rings is 1. The van der Waals surface area contributed by atoms with Crippen molar-refractivity contribution >= 4 is 11.6 Å². The van der Waals surface area contributed by atoms with E-state index in [4.69, 9.17) is 16.0 Å². The van der Waals surface area contributed by atoms with E-state index in [2.05, 4.69) is 10.2 Å². The molecule has 0 aliphatic carbocycles. The van der Waals surface area contributed by atoms with Crippen molar-refractivity contribution in [1.82, 2.24) is 14.8 Å². The van der Waals surface area contributed by atoms with Gasteiger partial charge in [0.2, 0.25) is 11.8 Å². The van der Waals surface area contributed by atoms with Crippen molar-refractivity contribution in [2.75, 3.05) is 0 Å². The second-order valence-electron chi connectivity index (χ2n) is 3.72. The molecule has 0 aliphatic heterocycles. The molecule has 0 fully saturated rings. The monoisotopic (exact) mass is 293 g/mol. The van der Waals surface area contributed by atoms with Crippen LogP contribution in [-0.2, 0) is 12.7 Å². The van der Waals surface area contributed by atoms with Crippen LogP contribution in [0, 0.1) is 6.92 Å². The van der Waals surface area contributed by atoms with Crippen LogP contribution in [0.15, 0.2) is 21.5 Å². The fraction of sp³-hybridized carbons (Fsp3) is 0.300. The van der Waals surface area contributed by atoms with E-state index in [1.165, 1.54) is 6.92 Å². The highest BCUT2D eigenvalue weighted by molar-refractivity contribution is 6.30. The van der Waals surface area contributed by atoms with Crippen LogP contribution in [0.2, 0.25) is 5.02 Å². The summed E-state index contributed by atoms with van der Waals surface area (Å²) >= 11 is 5.50. The summed E-state index contributed by atoms with van der Waals surface area (Å²) in [6, 6.07) is 0.583. The Morgan fingerprint density at radius 1 is 1.42 bits per heavy atom. The topological polar surface area (TPSA) is 60.9 Å². The highest BCUT2D eigenvalue weighted by Crippen LogP contribution is 2.29. The summed E-state index contributed by atoms with van der Waals surface area (Å²) in [5, 5.41) is 6.60. The van der Waals surface area contributed by atoms with E-state index in [1.807, 2.05) is 0 Å². The Kier molecular flexibility index (Phi) is 3.36. The standard InChI is InChI=1S/C10H7ClF3N3O2/c1-5-15-16-8(19-5)4-17-3-6(10(12,13)14)2-7(11)9(17)18/h2-3H,4H2,1H3. The molecule has 102 valence electrons. The summed E-state index contributed by atoms with van der Waals surface area (Å²) in [5.74, 6) is 0.274. The van der Waals surface area contributed by atoms with Crippen LogP contribution in [0.5, 0.6) is 0 Å². The lowest BCUT2D eigenvalue weighted by Gasteiger charge is -2.10. The molecule has 9 heteroatoms. The van der Waals surface area contributed by atoms with Gasteiger partial charge in [0.25, 0.3) is 5.56 Å². The minimum Gasteiger partial charge on any atom is -0.424 e. The van der Waals surface area contributed by atoms with Crippen molar-refractivity contribution in [3.8, 4) is 0 Å². The van der Waals surface area contributed by atoms with Gasteiger partial charge in [0.1, 0.15) is 11.6 Å². The lowest BCUT2D eigenvalue weighted by atomic mass is 10.2. The van der Waals surface area contributed by atoms with Crippen molar-refractivity contribution in [3.05, 3.63) is 45.0 Å². The van der Waals surface area contributed by atoms with Gasteiger partial charge in [-0.15, -0.1) is 10.2 Å². The van der Waals surface area contributed by atoms with Crippen LogP contribution in [0.1, 0.15) is 17.3 Å². The predicted octanol–water partition coefficient (Wildman–Crippen LogP) is 2.26. The van der Waals surface area contributed by atoms with Gasteiger partial charge in [-0.2, -0.15) is 13.2 Å². The largest absolute Gasteiger partial charge is 0.424 e. The first-order valence-electron chi connectivity index (χ1n) is 5.03. The SMILES string of the molecule is Cc1nnc(Cn2cc(C(F)(F)F)cc(Cl)c2=O)o1. The van der Waals surface area contributed by atoms with Gasteiger partial charge < -0.3 is 8.98 Å². The maximum Gasteiger partial charge on any atom is 0.417 e. The molecule has 2 aromatic heterocycles. The van der Waals surface area contributed by atoms with Gasteiger partial charge in [-0.1, -0.05) is 11.6 Å². The zero-order chi connectivity index (χ0) is 14.2. The zero-order valence-electron chi connectivity index (χ0n) is 9.53. The third-order valence-electron chi connectivity index (χ3n) is 2.24. The molecule has 0 saturated carbocycles. The summed E-state index contributed by atoms with van der Waals surface area (Å²) in [5.41, 5.74) is -1.78. The van der Waals surface area contributed by atoms with Gasteiger partial charge in [0.05, 0.1) is 5.56 Å². The van der Waals surface area contributed by atoms with E-state index >= 15 is 0 Å². The van der Waals surface area contributed by atoms with E-state index in [1.54, 1.807) is 0 Å².